The van der Waals surface area contributed by atoms with Crippen LogP contribution in [0.15, 0.2) is 24.5 Å². The summed E-state index contributed by atoms with van der Waals surface area (Å²) in [5.41, 5.74) is 4.46. The molecule has 6 nitrogen and oxygen atoms in total. The summed E-state index contributed by atoms with van der Waals surface area (Å²) in [5.74, 6) is -1.25. The number of pyridine rings is 1. The molecule has 1 aliphatic heterocycles. The zero-order valence-electron chi connectivity index (χ0n) is 12.9. The number of carbonyl (C=O) groups excluding carboxylic acids is 3. The maximum absolute atomic E-state index is 12.5. The predicted octanol–water partition coefficient (Wildman–Crippen LogP) is 0.764. The summed E-state index contributed by atoms with van der Waals surface area (Å²) in [7, 11) is 0. The topological polar surface area (TPSA) is 90.3 Å². The molecule has 2 N–H and O–H groups in total. The number of aromatic nitrogens is 1. The maximum atomic E-state index is 12.5. The van der Waals surface area contributed by atoms with Crippen LogP contribution in [0.4, 0.5) is 0 Å². The van der Waals surface area contributed by atoms with Gasteiger partial charge in [-0.1, -0.05) is 13.3 Å². The van der Waals surface area contributed by atoms with E-state index in [1.807, 2.05) is 6.92 Å². The quantitative estimate of drug-likeness (QED) is 0.620. The van der Waals surface area contributed by atoms with Gasteiger partial charge in [-0.3, -0.25) is 14.4 Å². The molecule has 0 aliphatic carbocycles. The molecule has 1 aromatic heterocycles. The van der Waals surface area contributed by atoms with Gasteiger partial charge in [-0.25, -0.2) is 0 Å². The van der Waals surface area contributed by atoms with Gasteiger partial charge in [0.15, 0.2) is 18.0 Å². The summed E-state index contributed by atoms with van der Waals surface area (Å²) >= 11 is 0. The first kappa shape index (κ1) is 16.1. The number of rotatable bonds is 6. The van der Waals surface area contributed by atoms with Crippen LogP contribution < -0.4 is 10.3 Å². The number of primary amides is 1. The SMILES string of the molecule is CCC[C@H]1C[C@@](C)(C(=O)C[n+]2cccc(C(N)=O)c2)OC1=O. The molecule has 2 rings (SSSR count). The Morgan fingerprint density at radius 3 is 2.86 bits per heavy atom. The van der Waals surface area contributed by atoms with Gasteiger partial charge in [0.2, 0.25) is 12.3 Å². The van der Waals surface area contributed by atoms with Gasteiger partial charge in [-0.2, -0.15) is 4.57 Å². The number of cyclic esters (lactones) is 1. The number of ketones is 1. The minimum atomic E-state index is -1.09. The molecule has 0 saturated carbocycles. The van der Waals surface area contributed by atoms with Crippen LogP contribution in [0.5, 0.6) is 0 Å². The van der Waals surface area contributed by atoms with Gasteiger partial charge in [-0.05, 0) is 19.4 Å². The Kier molecular flexibility index (Phi) is 4.59. The van der Waals surface area contributed by atoms with Gasteiger partial charge in [0.05, 0.1) is 5.92 Å². The van der Waals surface area contributed by atoms with E-state index < -0.39 is 11.5 Å². The summed E-state index contributed by atoms with van der Waals surface area (Å²) in [5, 5.41) is 0. The average Bonchev–Trinajstić information content (AvgIpc) is 2.75. The highest BCUT2D eigenvalue weighted by atomic mass is 16.6. The van der Waals surface area contributed by atoms with E-state index in [2.05, 4.69) is 0 Å². The first-order chi connectivity index (χ1) is 10.4. The summed E-state index contributed by atoms with van der Waals surface area (Å²) < 4.78 is 6.91. The highest BCUT2D eigenvalue weighted by molar-refractivity contribution is 5.92. The van der Waals surface area contributed by atoms with Crippen LogP contribution in [-0.4, -0.2) is 23.3 Å². The zero-order valence-corrected chi connectivity index (χ0v) is 12.9. The van der Waals surface area contributed by atoms with E-state index in [9.17, 15) is 14.4 Å². The van der Waals surface area contributed by atoms with E-state index in [-0.39, 0.29) is 24.2 Å². The highest BCUT2D eigenvalue weighted by Crippen LogP contribution is 2.34. The fraction of sp³-hybridized carbons (Fsp3) is 0.500. The van der Waals surface area contributed by atoms with Gasteiger partial charge < -0.3 is 10.5 Å². The van der Waals surface area contributed by atoms with Crippen LogP contribution in [0, 0.1) is 5.92 Å². The first-order valence-electron chi connectivity index (χ1n) is 7.41. The van der Waals surface area contributed by atoms with Crippen molar-refractivity contribution < 1.29 is 23.7 Å². The minimum Gasteiger partial charge on any atom is -0.451 e. The van der Waals surface area contributed by atoms with Gasteiger partial charge in [-0.15, -0.1) is 0 Å². The number of Topliss-reactive ketones (excluding diaryl/α,β-unsaturated/α-hetero) is 1. The van der Waals surface area contributed by atoms with Crippen molar-refractivity contribution in [2.24, 2.45) is 11.7 Å². The summed E-state index contributed by atoms with van der Waals surface area (Å²) in [6.07, 6.45) is 5.21. The van der Waals surface area contributed by atoms with E-state index in [0.717, 1.165) is 12.8 Å². The number of carbonyl (C=O) groups is 3. The Morgan fingerprint density at radius 1 is 1.50 bits per heavy atom. The monoisotopic (exact) mass is 305 g/mol. The molecular weight excluding hydrogens is 284 g/mol. The lowest BCUT2D eigenvalue weighted by Gasteiger charge is -2.19. The van der Waals surface area contributed by atoms with Crippen molar-refractivity contribution in [1.82, 2.24) is 0 Å². The third-order valence-corrected chi connectivity index (χ3v) is 3.99. The molecular formula is C16H21N2O4+. The van der Waals surface area contributed by atoms with Crippen LogP contribution in [0.2, 0.25) is 0 Å². The van der Waals surface area contributed by atoms with E-state index in [0.29, 0.717) is 12.0 Å². The fourth-order valence-electron chi connectivity index (χ4n) is 2.74. The number of hydrogen-bond donors (Lipinski definition) is 1. The Bertz CT molecular complexity index is 614. The minimum absolute atomic E-state index is 0.0315. The third kappa shape index (κ3) is 3.32. The lowest BCUT2D eigenvalue weighted by atomic mass is 9.89. The van der Waals surface area contributed by atoms with E-state index >= 15 is 0 Å². The van der Waals surface area contributed by atoms with Crippen molar-refractivity contribution >= 4 is 17.7 Å². The summed E-state index contributed by atoms with van der Waals surface area (Å²) in [6.45, 7) is 3.68. The van der Waals surface area contributed by atoms with Crippen LogP contribution in [0.3, 0.4) is 0 Å². The van der Waals surface area contributed by atoms with Gasteiger partial charge in [0, 0.05) is 12.5 Å². The Hall–Kier alpha value is -2.24. The zero-order chi connectivity index (χ0) is 16.3. The fourth-order valence-corrected chi connectivity index (χ4v) is 2.74. The lowest BCUT2D eigenvalue weighted by molar-refractivity contribution is -0.684. The number of nitrogens with zero attached hydrogens (tertiary/aromatic N) is 1. The molecule has 1 fully saturated rings. The van der Waals surface area contributed by atoms with Crippen molar-refractivity contribution in [3.05, 3.63) is 30.1 Å². The second-order valence-electron chi connectivity index (χ2n) is 5.89. The highest BCUT2D eigenvalue weighted by Gasteiger charge is 2.48. The van der Waals surface area contributed by atoms with Crippen molar-refractivity contribution in [2.75, 3.05) is 0 Å². The molecule has 6 heteroatoms. The Balaban J connectivity index is 2.10. The largest absolute Gasteiger partial charge is 0.451 e. The number of esters is 1. The molecule has 2 atom stereocenters. The van der Waals surface area contributed by atoms with Crippen molar-refractivity contribution in [3.8, 4) is 0 Å². The molecule has 0 unspecified atom stereocenters. The van der Waals surface area contributed by atoms with Crippen LogP contribution in [0.25, 0.3) is 0 Å². The first-order valence-corrected chi connectivity index (χ1v) is 7.41. The number of nitrogens with two attached hydrogens (primary N) is 1. The van der Waals surface area contributed by atoms with Gasteiger partial charge in [0.25, 0.3) is 5.91 Å². The molecule has 1 aromatic rings. The Labute approximate surface area is 129 Å². The molecule has 0 bridgehead atoms. The van der Waals surface area contributed by atoms with Crippen LogP contribution in [0.1, 0.15) is 43.5 Å². The summed E-state index contributed by atoms with van der Waals surface area (Å²) in [4.78, 5) is 35.5. The predicted molar refractivity (Wildman–Crippen MR) is 77.7 cm³/mol. The molecule has 2 heterocycles. The van der Waals surface area contributed by atoms with Crippen LogP contribution in [-0.2, 0) is 20.9 Å². The van der Waals surface area contributed by atoms with Crippen molar-refractivity contribution in [2.45, 2.75) is 45.3 Å². The third-order valence-electron chi connectivity index (χ3n) is 3.99. The second kappa shape index (κ2) is 6.25. The molecule has 0 aromatic carbocycles. The second-order valence-corrected chi connectivity index (χ2v) is 5.89. The molecule has 1 saturated heterocycles. The standard InChI is InChI=1S/C16H20N2O4/c1-3-5-11-8-16(2,22-15(11)21)13(19)10-18-7-4-6-12(9-18)14(17)20/h4,6-7,9,11H,3,5,8,10H2,1-2H3,(H-,17,20)/p+1/t11-,16-/m0/s1. The number of hydrogen-bond acceptors (Lipinski definition) is 4. The molecule has 0 radical (unpaired) electrons. The molecule has 22 heavy (non-hydrogen) atoms. The van der Waals surface area contributed by atoms with E-state index in [1.165, 1.54) is 6.20 Å². The lowest BCUT2D eigenvalue weighted by Crippen LogP contribution is -2.47. The van der Waals surface area contributed by atoms with Crippen molar-refractivity contribution in [3.63, 3.8) is 0 Å². The molecule has 1 amide bonds. The molecule has 0 spiro atoms. The molecule has 118 valence electrons. The smallest absolute Gasteiger partial charge is 0.310 e. The number of amides is 1. The normalized spacial score (nSPS) is 24.1. The van der Waals surface area contributed by atoms with E-state index in [4.69, 9.17) is 10.5 Å². The van der Waals surface area contributed by atoms with Crippen molar-refractivity contribution in [1.29, 1.82) is 0 Å². The van der Waals surface area contributed by atoms with E-state index in [1.54, 1.807) is 29.8 Å². The number of ether oxygens (including phenoxy) is 1. The summed E-state index contributed by atoms with van der Waals surface area (Å²) in [6, 6.07) is 3.23. The van der Waals surface area contributed by atoms with Gasteiger partial charge >= 0.3 is 5.97 Å². The Morgan fingerprint density at radius 2 is 2.23 bits per heavy atom. The van der Waals surface area contributed by atoms with Crippen LogP contribution >= 0.6 is 0 Å². The molecule has 1 aliphatic rings. The average molecular weight is 305 g/mol. The maximum Gasteiger partial charge on any atom is 0.310 e. The van der Waals surface area contributed by atoms with Gasteiger partial charge in [0.1, 0.15) is 5.56 Å².